The third-order valence-electron chi connectivity index (χ3n) is 5.51. The molecule has 2 saturated heterocycles. The highest BCUT2D eigenvalue weighted by molar-refractivity contribution is 14.0. The highest BCUT2D eigenvalue weighted by atomic mass is 127. The number of rotatable bonds is 5. The molecule has 2 N–H and O–H groups in total. The quantitative estimate of drug-likeness (QED) is 0.288. The van der Waals surface area contributed by atoms with Crippen molar-refractivity contribution in [1.29, 1.82) is 0 Å². The van der Waals surface area contributed by atoms with Crippen molar-refractivity contribution in [2.24, 2.45) is 10.7 Å². The summed E-state index contributed by atoms with van der Waals surface area (Å²) in [5, 5.41) is 0. The maximum atomic E-state index is 13.1. The summed E-state index contributed by atoms with van der Waals surface area (Å²) in [6.45, 7) is 10.0. The van der Waals surface area contributed by atoms with Crippen LogP contribution in [0.15, 0.2) is 29.3 Å². The maximum Gasteiger partial charge on any atom is 0.191 e. The summed E-state index contributed by atoms with van der Waals surface area (Å²) in [7, 11) is 2.20. The van der Waals surface area contributed by atoms with E-state index in [1.807, 2.05) is 12.1 Å². The molecule has 3 rings (SSSR count). The first-order valence-corrected chi connectivity index (χ1v) is 10.1. The van der Waals surface area contributed by atoms with Gasteiger partial charge < -0.3 is 25.3 Å². The van der Waals surface area contributed by atoms with Gasteiger partial charge in [-0.2, -0.15) is 0 Å². The number of likely N-dealkylation sites (N-methyl/N-ethyl adjacent to an activating group) is 1. The lowest BCUT2D eigenvalue weighted by molar-refractivity contribution is 0.275. The summed E-state index contributed by atoms with van der Waals surface area (Å²) < 4.78 is 13.1. The van der Waals surface area contributed by atoms with E-state index in [2.05, 4.69) is 31.6 Å². The molecule has 0 unspecified atom stereocenters. The fraction of sp³-hybridized carbons (Fsp3) is 0.650. The fourth-order valence-corrected chi connectivity index (χ4v) is 3.76. The summed E-state index contributed by atoms with van der Waals surface area (Å²) in [5.74, 6) is 0.463. The molecule has 0 amide bonds. The Hall–Kier alpha value is -1.13. The standard InChI is InChI=1S/C20H33FN6.HI/c1-24-9-3-11-25(13-12-24)10-2-8-23-20(22)27-16-14-26(15-17-27)19-6-4-18(21)5-7-19;/h4-7H,2-3,8-17H2,1H3,(H2,22,23);1H. The zero-order chi connectivity index (χ0) is 19.1. The van der Waals surface area contributed by atoms with Gasteiger partial charge in [0.05, 0.1) is 0 Å². The first-order valence-electron chi connectivity index (χ1n) is 10.1. The molecule has 8 heteroatoms. The van der Waals surface area contributed by atoms with Gasteiger partial charge in [-0.1, -0.05) is 0 Å². The normalized spacial score (nSPS) is 20.0. The second kappa shape index (κ2) is 11.8. The Balaban J connectivity index is 0.00000280. The molecule has 2 fully saturated rings. The van der Waals surface area contributed by atoms with Crippen LogP contribution in [0.5, 0.6) is 0 Å². The average molecular weight is 504 g/mol. The average Bonchev–Trinajstić information content (AvgIpc) is 2.90. The number of benzene rings is 1. The highest BCUT2D eigenvalue weighted by Crippen LogP contribution is 2.16. The summed E-state index contributed by atoms with van der Waals surface area (Å²) in [4.78, 5) is 14.0. The molecule has 1 aromatic carbocycles. The van der Waals surface area contributed by atoms with Gasteiger partial charge >= 0.3 is 0 Å². The number of guanidine groups is 1. The highest BCUT2D eigenvalue weighted by Gasteiger charge is 2.18. The Labute approximate surface area is 185 Å². The van der Waals surface area contributed by atoms with Crippen molar-refractivity contribution in [2.45, 2.75) is 12.8 Å². The van der Waals surface area contributed by atoms with Gasteiger partial charge in [0.2, 0.25) is 0 Å². The number of hydrogen-bond acceptors (Lipinski definition) is 4. The molecular weight excluding hydrogens is 470 g/mol. The van der Waals surface area contributed by atoms with Gasteiger partial charge in [0, 0.05) is 51.5 Å². The number of halogens is 2. The summed E-state index contributed by atoms with van der Waals surface area (Å²) in [6, 6.07) is 6.70. The number of anilines is 1. The van der Waals surface area contributed by atoms with Gasteiger partial charge in [0.1, 0.15) is 5.82 Å². The summed E-state index contributed by atoms with van der Waals surface area (Å²) in [5.41, 5.74) is 7.27. The van der Waals surface area contributed by atoms with Crippen molar-refractivity contribution in [3.8, 4) is 0 Å². The van der Waals surface area contributed by atoms with E-state index in [0.29, 0.717) is 5.96 Å². The van der Waals surface area contributed by atoms with Crippen LogP contribution in [0.4, 0.5) is 10.1 Å². The predicted molar refractivity (Wildman–Crippen MR) is 125 cm³/mol. The van der Waals surface area contributed by atoms with E-state index in [0.717, 1.165) is 64.5 Å². The molecule has 1 aromatic rings. The molecule has 0 aromatic heterocycles. The Morgan fingerprint density at radius 1 is 1.00 bits per heavy atom. The topological polar surface area (TPSA) is 51.3 Å². The van der Waals surface area contributed by atoms with Gasteiger partial charge in [-0.05, 0) is 63.8 Å². The van der Waals surface area contributed by atoms with Crippen LogP contribution in [0.1, 0.15) is 12.8 Å². The van der Waals surface area contributed by atoms with Gasteiger partial charge in [-0.15, -0.1) is 24.0 Å². The SMILES string of the molecule is CN1CCCN(CCCN=C(N)N2CCN(c3ccc(F)cc3)CC2)CC1.I. The minimum atomic E-state index is -0.194. The first kappa shape index (κ1) is 23.2. The molecule has 0 atom stereocenters. The van der Waals surface area contributed by atoms with Gasteiger partial charge in [0.15, 0.2) is 5.96 Å². The van der Waals surface area contributed by atoms with E-state index in [1.54, 1.807) is 0 Å². The molecule has 2 aliphatic heterocycles. The molecule has 2 aliphatic rings. The lowest BCUT2D eigenvalue weighted by Gasteiger charge is -2.36. The van der Waals surface area contributed by atoms with Crippen molar-refractivity contribution in [3.05, 3.63) is 30.1 Å². The van der Waals surface area contributed by atoms with Crippen LogP contribution in [0, 0.1) is 5.82 Å². The Kier molecular flexibility index (Phi) is 9.73. The maximum absolute atomic E-state index is 13.1. The monoisotopic (exact) mass is 504 g/mol. The molecule has 0 radical (unpaired) electrons. The first-order chi connectivity index (χ1) is 13.1. The van der Waals surface area contributed by atoms with E-state index in [4.69, 9.17) is 5.73 Å². The zero-order valence-electron chi connectivity index (χ0n) is 16.9. The van der Waals surface area contributed by atoms with E-state index < -0.39 is 0 Å². The molecule has 0 saturated carbocycles. The third kappa shape index (κ3) is 7.04. The summed E-state index contributed by atoms with van der Waals surface area (Å²) in [6.07, 6.45) is 2.31. The minimum Gasteiger partial charge on any atom is -0.370 e. The Morgan fingerprint density at radius 3 is 2.43 bits per heavy atom. The number of hydrogen-bond donors (Lipinski definition) is 1. The third-order valence-corrected chi connectivity index (χ3v) is 5.51. The molecule has 0 aliphatic carbocycles. The molecule has 0 bridgehead atoms. The van der Waals surface area contributed by atoms with E-state index >= 15 is 0 Å². The molecule has 0 spiro atoms. The number of nitrogens with two attached hydrogens (primary N) is 1. The zero-order valence-corrected chi connectivity index (χ0v) is 19.2. The van der Waals surface area contributed by atoms with E-state index in [1.165, 1.54) is 31.6 Å². The number of nitrogens with zero attached hydrogens (tertiary/aromatic N) is 5. The second-order valence-corrected chi connectivity index (χ2v) is 7.54. The minimum absolute atomic E-state index is 0. The molecule has 28 heavy (non-hydrogen) atoms. The van der Waals surface area contributed by atoms with E-state index in [9.17, 15) is 4.39 Å². The van der Waals surface area contributed by atoms with Crippen LogP contribution in [0.2, 0.25) is 0 Å². The largest absolute Gasteiger partial charge is 0.370 e. The van der Waals surface area contributed by atoms with Crippen molar-refractivity contribution in [3.63, 3.8) is 0 Å². The Morgan fingerprint density at radius 2 is 1.71 bits per heavy atom. The second-order valence-electron chi connectivity index (χ2n) is 7.54. The predicted octanol–water partition coefficient (Wildman–Crippen LogP) is 1.91. The van der Waals surface area contributed by atoms with Crippen molar-refractivity contribution in [1.82, 2.24) is 14.7 Å². The van der Waals surface area contributed by atoms with Crippen molar-refractivity contribution >= 4 is 35.6 Å². The van der Waals surface area contributed by atoms with Gasteiger partial charge in [-0.3, -0.25) is 4.99 Å². The van der Waals surface area contributed by atoms with Crippen LogP contribution in [0.3, 0.4) is 0 Å². The van der Waals surface area contributed by atoms with E-state index in [-0.39, 0.29) is 29.8 Å². The molecular formula is C20H34FIN6. The van der Waals surface area contributed by atoms with Crippen LogP contribution in [-0.4, -0.2) is 93.2 Å². The van der Waals surface area contributed by atoms with Gasteiger partial charge in [-0.25, -0.2) is 4.39 Å². The lowest BCUT2D eigenvalue weighted by Crippen LogP contribution is -2.51. The van der Waals surface area contributed by atoms with Crippen molar-refractivity contribution < 1.29 is 4.39 Å². The van der Waals surface area contributed by atoms with Crippen LogP contribution in [0.25, 0.3) is 0 Å². The fourth-order valence-electron chi connectivity index (χ4n) is 3.76. The van der Waals surface area contributed by atoms with Crippen molar-refractivity contribution in [2.75, 3.05) is 77.4 Å². The summed E-state index contributed by atoms with van der Waals surface area (Å²) >= 11 is 0. The van der Waals surface area contributed by atoms with Gasteiger partial charge in [0.25, 0.3) is 0 Å². The molecule has 6 nitrogen and oxygen atoms in total. The number of aliphatic imine (C=N–C) groups is 1. The molecule has 158 valence electrons. The number of piperazine rings is 1. The van der Waals surface area contributed by atoms with Crippen LogP contribution in [-0.2, 0) is 0 Å². The lowest BCUT2D eigenvalue weighted by atomic mass is 10.2. The van der Waals surface area contributed by atoms with Crippen LogP contribution >= 0.6 is 24.0 Å². The smallest absolute Gasteiger partial charge is 0.191 e. The Bertz CT molecular complexity index is 603. The molecule has 2 heterocycles. The van der Waals surface area contributed by atoms with Crippen LogP contribution < -0.4 is 10.6 Å².